The third-order valence-electron chi connectivity index (χ3n) is 7.59. The Morgan fingerprint density at radius 1 is 1.12 bits per heavy atom. The molecule has 1 saturated heterocycles. The molecule has 0 radical (unpaired) electrons. The van der Waals surface area contributed by atoms with Crippen molar-refractivity contribution in [3.05, 3.63) is 48.8 Å². The van der Waals surface area contributed by atoms with Crippen molar-refractivity contribution in [3.8, 4) is 0 Å². The number of rotatable bonds is 4. The van der Waals surface area contributed by atoms with E-state index in [1.54, 1.807) is 11.8 Å². The van der Waals surface area contributed by atoms with Crippen molar-refractivity contribution in [2.24, 2.45) is 29.6 Å². The number of H-pyrrole nitrogens is 1. The van der Waals surface area contributed by atoms with E-state index in [1.165, 1.54) is 16.2 Å². The van der Waals surface area contributed by atoms with Gasteiger partial charge in [0.15, 0.2) is 0 Å². The second-order valence-electron chi connectivity index (χ2n) is 8.98. The minimum absolute atomic E-state index is 0.000205. The molecule has 166 valence electrons. The summed E-state index contributed by atoms with van der Waals surface area (Å²) >= 11 is 6.39. The van der Waals surface area contributed by atoms with Gasteiger partial charge in [0, 0.05) is 27.1 Å². The molecule has 1 aromatic heterocycles. The molecular weight excluding hydrogens is 516 g/mol. The number of imide groups is 1. The van der Waals surface area contributed by atoms with Crippen LogP contribution in [0.5, 0.6) is 0 Å². The summed E-state index contributed by atoms with van der Waals surface area (Å²) in [6.45, 7) is -0.0568. The van der Waals surface area contributed by atoms with E-state index in [0.29, 0.717) is 0 Å². The number of carboxylic acids is 1. The van der Waals surface area contributed by atoms with E-state index in [-0.39, 0.29) is 70.4 Å². The zero-order chi connectivity index (χ0) is 22.3. The molecule has 2 saturated carbocycles. The Hall–Kier alpha value is -1.91. The number of aromatic nitrogens is 1. The highest BCUT2D eigenvalue weighted by Gasteiger charge is 2.69. The molecule has 7 nitrogen and oxygen atoms in total. The summed E-state index contributed by atoms with van der Waals surface area (Å²) in [5.41, 5.74) is 1.11. The van der Waals surface area contributed by atoms with Crippen molar-refractivity contribution in [3.63, 3.8) is 0 Å². The monoisotopic (exact) mass is 534 g/mol. The number of aromatic amines is 1. The summed E-state index contributed by atoms with van der Waals surface area (Å²) in [5, 5.41) is 10.1. The number of carbonyl (C=O) groups excluding carboxylic acids is 2. The highest BCUT2D eigenvalue weighted by Crippen LogP contribution is 2.68. The van der Waals surface area contributed by atoms with Gasteiger partial charge in [0.1, 0.15) is 0 Å². The zero-order valence-electron chi connectivity index (χ0n) is 16.7. The first-order chi connectivity index (χ1) is 15.3. The number of likely N-dealkylation sites (tertiary alicyclic amines) is 1. The standard InChI is InChI=1S/C22H19BrN2O5S2/c23-9-3-1-8(2-4-9)13-14-10-7-11(17(14)31-19-18(13)32-22(30)24-19)16-15(10)20(28)25(21(16)29)6-5-12(26)27/h1-4,10-11,13-17H,5-7H2,(H,24,30)(H,26,27)/t10-,11-,13-,14+,15+,16-,17-/m1/s1. The first kappa shape index (κ1) is 20.7. The van der Waals surface area contributed by atoms with Gasteiger partial charge in [-0.15, -0.1) is 11.8 Å². The molecule has 2 aliphatic heterocycles. The molecule has 3 heterocycles. The van der Waals surface area contributed by atoms with Crippen molar-refractivity contribution < 1.29 is 19.5 Å². The molecule has 2 bridgehead atoms. The molecule has 10 heteroatoms. The van der Waals surface area contributed by atoms with Gasteiger partial charge in [0.25, 0.3) is 0 Å². The molecule has 0 spiro atoms. The molecule has 4 aliphatic rings. The van der Waals surface area contributed by atoms with Gasteiger partial charge in [-0.1, -0.05) is 39.4 Å². The van der Waals surface area contributed by atoms with Crippen LogP contribution in [-0.2, 0) is 14.4 Å². The van der Waals surface area contributed by atoms with Gasteiger partial charge in [-0.2, -0.15) is 0 Å². The second kappa shape index (κ2) is 7.30. The highest BCUT2D eigenvalue weighted by atomic mass is 79.9. The predicted octanol–water partition coefficient (Wildman–Crippen LogP) is 3.15. The quantitative estimate of drug-likeness (QED) is 0.583. The summed E-state index contributed by atoms with van der Waals surface area (Å²) in [6, 6.07) is 8.13. The molecule has 2 N–H and O–H groups in total. The van der Waals surface area contributed by atoms with Crippen molar-refractivity contribution in [1.82, 2.24) is 9.88 Å². The largest absolute Gasteiger partial charge is 0.481 e. The van der Waals surface area contributed by atoms with Crippen LogP contribution in [0.25, 0.3) is 0 Å². The first-order valence-corrected chi connectivity index (χ1v) is 13.1. The average Bonchev–Trinajstić information content (AvgIpc) is 3.47. The number of halogens is 1. The molecule has 0 unspecified atom stereocenters. The van der Waals surface area contributed by atoms with Gasteiger partial charge < -0.3 is 10.1 Å². The first-order valence-electron chi connectivity index (χ1n) is 10.6. The van der Waals surface area contributed by atoms with Crippen molar-refractivity contribution in [2.45, 2.75) is 29.0 Å². The number of benzene rings is 1. The van der Waals surface area contributed by atoms with Gasteiger partial charge in [-0.05, 0) is 41.9 Å². The molecule has 32 heavy (non-hydrogen) atoms. The van der Waals surface area contributed by atoms with E-state index in [1.807, 2.05) is 12.1 Å². The summed E-state index contributed by atoms with van der Waals surface area (Å²) in [6.07, 6.45) is 0.599. The Morgan fingerprint density at radius 2 is 1.81 bits per heavy atom. The fourth-order valence-corrected chi connectivity index (χ4v) is 9.70. The van der Waals surface area contributed by atoms with Crippen LogP contribution in [-0.4, -0.2) is 44.6 Å². The molecule has 7 atom stereocenters. The Morgan fingerprint density at radius 3 is 2.50 bits per heavy atom. The van der Waals surface area contributed by atoms with Gasteiger partial charge in [-0.3, -0.25) is 24.1 Å². The highest BCUT2D eigenvalue weighted by molar-refractivity contribution is 9.10. The SMILES string of the molecule is O=C(O)CCN1C(=O)[C@@H]2[C@H]3C[C@@H]([C@@H]2C1=O)[C@H]1[C@@H](c2ccc(Br)cc2)c2sc(=O)[nH]c2S[C@H]31. The summed E-state index contributed by atoms with van der Waals surface area (Å²) in [4.78, 5) is 54.8. The van der Waals surface area contributed by atoms with E-state index in [2.05, 4.69) is 33.0 Å². The number of carbonyl (C=O) groups is 3. The predicted molar refractivity (Wildman–Crippen MR) is 122 cm³/mol. The Labute approximate surface area is 199 Å². The summed E-state index contributed by atoms with van der Waals surface area (Å²) < 4.78 is 0.976. The van der Waals surface area contributed by atoms with E-state index < -0.39 is 5.97 Å². The number of hydrogen-bond donors (Lipinski definition) is 2. The maximum Gasteiger partial charge on any atom is 0.305 e. The molecule has 3 fully saturated rings. The maximum absolute atomic E-state index is 13.3. The van der Waals surface area contributed by atoms with E-state index in [4.69, 9.17) is 5.11 Å². The van der Waals surface area contributed by atoms with Gasteiger partial charge >= 0.3 is 10.8 Å². The smallest absolute Gasteiger partial charge is 0.305 e. The average molecular weight is 535 g/mol. The lowest BCUT2D eigenvalue weighted by Gasteiger charge is -2.43. The number of carboxylic acid groups (broad SMARTS) is 1. The number of nitrogens with zero attached hydrogens (tertiary/aromatic N) is 1. The molecular formula is C22H19BrN2O5S2. The zero-order valence-corrected chi connectivity index (χ0v) is 19.9. The Balaban J connectivity index is 1.41. The molecule has 2 aliphatic carbocycles. The second-order valence-corrected chi connectivity index (χ2v) is 12.1. The Bertz CT molecular complexity index is 1210. The third kappa shape index (κ3) is 2.85. The summed E-state index contributed by atoms with van der Waals surface area (Å²) in [5.74, 6) is -1.92. The third-order valence-corrected chi connectivity index (χ3v) is 10.7. The number of nitrogens with one attached hydrogen (secondary N) is 1. The normalized spacial score (nSPS) is 34.5. The van der Waals surface area contributed by atoms with Crippen molar-refractivity contribution in [1.29, 1.82) is 0 Å². The van der Waals surface area contributed by atoms with Crippen LogP contribution >= 0.6 is 39.0 Å². The number of amides is 2. The lowest BCUT2D eigenvalue weighted by atomic mass is 9.68. The van der Waals surface area contributed by atoms with Crippen LogP contribution in [0.1, 0.15) is 29.2 Å². The number of hydrogen-bond acceptors (Lipinski definition) is 6. The van der Waals surface area contributed by atoms with Gasteiger partial charge in [0.05, 0.1) is 23.3 Å². The van der Waals surface area contributed by atoms with Crippen LogP contribution < -0.4 is 4.87 Å². The molecule has 2 amide bonds. The summed E-state index contributed by atoms with van der Waals surface area (Å²) in [7, 11) is 0. The number of thiazole rings is 1. The van der Waals surface area contributed by atoms with Crippen LogP contribution in [0.15, 0.2) is 38.6 Å². The fourth-order valence-electron chi connectivity index (χ4n) is 6.55. The topological polar surface area (TPSA) is 108 Å². The van der Waals surface area contributed by atoms with Crippen molar-refractivity contribution >= 4 is 56.8 Å². The van der Waals surface area contributed by atoms with Crippen LogP contribution in [0, 0.1) is 29.6 Å². The minimum atomic E-state index is -1.02. The molecule has 2 aromatic rings. The minimum Gasteiger partial charge on any atom is -0.481 e. The van der Waals surface area contributed by atoms with Gasteiger partial charge in [0.2, 0.25) is 11.8 Å². The molecule has 6 rings (SSSR count). The van der Waals surface area contributed by atoms with Crippen LogP contribution in [0.3, 0.4) is 0 Å². The lowest BCUT2D eigenvalue weighted by molar-refractivity contribution is -0.142. The molecule has 1 aromatic carbocycles. The van der Waals surface area contributed by atoms with E-state index in [0.717, 1.165) is 26.4 Å². The van der Waals surface area contributed by atoms with Crippen LogP contribution in [0.2, 0.25) is 0 Å². The number of aliphatic carboxylic acids is 1. The van der Waals surface area contributed by atoms with E-state index >= 15 is 0 Å². The lowest BCUT2D eigenvalue weighted by Crippen LogP contribution is -2.42. The van der Waals surface area contributed by atoms with Crippen molar-refractivity contribution in [2.75, 3.05) is 6.54 Å². The van der Waals surface area contributed by atoms with E-state index in [9.17, 15) is 19.2 Å². The van der Waals surface area contributed by atoms with Crippen LogP contribution in [0.4, 0.5) is 0 Å². The number of fused-ring (bicyclic) bond motifs is 9. The maximum atomic E-state index is 13.3. The number of thioether (sulfide) groups is 1. The fraction of sp³-hybridized carbons (Fsp3) is 0.455. The Kier molecular flexibility index (Phi) is 4.71. The van der Waals surface area contributed by atoms with Gasteiger partial charge in [-0.25, -0.2) is 0 Å².